The van der Waals surface area contributed by atoms with E-state index in [1.54, 1.807) is 53.6 Å². The number of morpholine rings is 1. The number of carbonyl (C=O) groups is 2. The van der Waals surface area contributed by atoms with Gasteiger partial charge in [0.25, 0.3) is 11.8 Å². The van der Waals surface area contributed by atoms with Gasteiger partial charge in [-0.3, -0.25) is 14.6 Å². The van der Waals surface area contributed by atoms with Gasteiger partial charge in [-0.25, -0.2) is 4.98 Å². The van der Waals surface area contributed by atoms with Crippen LogP contribution in [-0.2, 0) is 14.2 Å². The van der Waals surface area contributed by atoms with Gasteiger partial charge in [0.1, 0.15) is 17.4 Å². The Morgan fingerprint density at radius 1 is 1.04 bits per heavy atom. The van der Waals surface area contributed by atoms with Crippen LogP contribution >= 0.6 is 0 Å². The van der Waals surface area contributed by atoms with Gasteiger partial charge in [-0.15, -0.1) is 0 Å². The van der Waals surface area contributed by atoms with Crippen molar-refractivity contribution in [3.63, 3.8) is 0 Å². The van der Waals surface area contributed by atoms with Crippen LogP contribution in [0.1, 0.15) is 39.1 Å². The van der Waals surface area contributed by atoms with Gasteiger partial charge in [0.15, 0.2) is 11.5 Å². The molecule has 14 nitrogen and oxygen atoms in total. The minimum absolute atomic E-state index is 0.0534. The molecule has 2 saturated heterocycles. The number of nitrogens with one attached hydrogen (secondary N) is 2. The number of hydrogen-bond donors (Lipinski definition) is 4. The average Bonchev–Trinajstić information content (AvgIpc) is 3.59. The number of nitrogens with two attached hydrogens (primary N) is 2. The summed E-state index contributed by atoms with van der Waals surface area (Å²) in [5, 5.41) is 6.26. The highest BCUT2D eigenvalue weighted by Gasteiger charge is 2.51. The lowest BCUT2D eigenvalue weighted by molar-refractivity contribution is -0.218. The zero-order valence-corrected chi connectivity index (χ0v) is 25.4. The number of rotatable bonds is 10. The first-order chi connectivity index (χ1) is 22.4. The van der Waals surface area contributed by atoms with Crippen molar-refractivity contribution >= 4 is 46.9 Å². The summed E-state index contributed by atoms with van der Waals surface area (Å²) >= 11 is 0. The maximum atomic E-state index is 12.8. The minimum Gasteiger partial charge on any atom is -0.494 e. The van der Waals surface area contributed by atoms with Crippen molar-refractivity contribution in [2.75, 3.05) is 57.3 Å². The van der Waals surface area contributed by atoms with Crippen LogP contribution in [0.4, 0.5) is 23.1 Å². The predicted octanol–water partition coefficient (Wildman–Crippen LogP) is 2.82. The van der Waals surface area contributed by atoms with Crippen LogP contribution in [0, 0.1) is 0 Å². The molecule has 1 spiro atoms. The molecule has 0 bridgehead atoms. The molecule has 14 heteroatoms. The molecule has 3 aromatic rings. The van der Waals surface area contributed by atoms with E-state index in [2.05, 4.69) is 25.6 Å². The third-order valence-corrected chi connectivity index (χ3v) is 8.09. The first-order valence-electron chi connectivity index (χ1n) is 15.0. The quantitative estimate of drug-likeness (QED) is 0.242. The molecule has 3 heterocycles. The molecule has 6 rings (SSSR count). The van der Waals surface area contributed by atoms with Crippen molar-refractivity contribution in [2.24, 2.45) is 16.5 Å². The van der Waals surface area contributed by atoms with E-state index >= 15 is 0 Å². The smallest absolute Gasteiger partial charge is 0.254 e. The number of nitrogens with zero attached hydrogens (tertiary/aromatic N) is 4. The van der Waals surface area contributed by atoms with E-state index in [1.165, 1.54) is 13.3 Å². The van der Waals surface area contributed by atoms with Gasteiger partial charge in [-0.2, -0.15) is 4.98 Å². The van der Waals surface area contributed by atoms with Crippen molar-refractivity contribution in [1.29, 1.82) is 0 Å². The lowest BCUT2D eigenvalue weighted by Crippen LogP contribution is -2.51. The summed E-state index contributed by atoms with van der Waals surface area (Å²) in [5.41, 5.74) is 14.9. The Kier molecular flexibility index (Phi) is 9.10. The third-order valence-electron chi connectivity index (χ3n) is 8.09. The average molecular weight is 629 g/mol. The molecule has 1 aromatic heterocycles. The van der Waals surface area contributed by atoms with Gasteiger partial charge >= 0.3 is 0 Å². The Hall–Kier alpha value is -5.05. The Balaban J connectivity index is 1.19. The number of benzene rings is 2. The van der Waals surface area contributed by atoms with Gasteiger partial charge in [-0.1, -0.05) is 6.07 Å². The summed E-state index contributed by atoms with van der Waals surface area (Å²) in [4.78, 5) is 40.2. The number of anilines is 4. The van der Waals surface area contributed by atoms with Crippen molar-refractivity contribution in [1.82, 2.24) is 14.9 Å². The number of aromatic nitrogens is 2. The number of amides is 2. The fourth-order valence-electron chi connectivity index (χ4n) is 5.52. The summed E-state index contributed by atoms with van der Waals surface area (Å²) in [5.74, 6) is -0.575. The molecule has 1 aliphatic carbocycles. The first-order valence-corrected chi connectivity index (χ1v) is 15.0. The van der Waals surface area contributed by atoms with Crippen LogP contribution in [0.2, 0.25) is 0 Å². The number of hydrogen-bond acceptors (Lipinski definition) is 12. The minimum atomic E-state index is -0.713. The summed E-state index contributed by atoms with van der Waals surface area (Å²) in [6.07, 6.45) is 6.40. The number of para-hydroxylation sites is 1. The number of ether oxygens (including phenoxy) is 4. The van der Waals surface area contributed by atoms with E-state index in [4.69, 9.17) is 30.4 Å². The van der Waals surface area contributed by atoms with Crippen molar-refractivity contribution in [2.45, 2.75) is 24.7 Å². The fraction of sp³-hybridized carbons (Fsp3) is 0.344. The van der Waals surface area contributed by atoms with Gasteiger partial charge in [0.05, 0.1) is 39.2 Å². The highest BCUT2D eigenvalue weighted by molar-refractivity contribution is 5.98. The monoisotopic (exact) mass is 628 g/mol. The van der Waals surface area contributed by atoms with Crippen LogP contribution in [-0.4, -0.2) is 91.4 Å². The zero-order chi connectivity index (χ0) is 32.1. The van der Waals surface area contributed by atoms with Crippen LogP contribution < -0.4 is 26.8 Å². The normalized spacial score (nSPS) is 19.2. The molecular weight excluding hydrogens is 592 g/mol. The van der Waals surface area contributed by atoms with Gasteiger partial charge in [0.2, 0.25) is 5.95 Å². The molecule has 1 unspecified atom stereocenters. The molecule has 3 aliphatic rings. The lowest BCUT2D eigenvalue weighted by atomic mass is 9.85. The zero-order valence-electron chi connectivity index (χ0n) is 25.4. The number of primary amides is 1. The summed E-state index contributed by atoms with van der Waals surface area (Å²) < 4.78 is 22.6. The van der Waals surface area contributed by atoms with E-state index in [0.717, 1.165) is 12.8 Å². The molecular formula is C32H36N8O6. The predicted molar refractivity (Wildman–Crippen MR) is 172 cm³/mol. The highest BCUT2D eigenvalue weighted by atomic mass is 16.7. The standard InChI is InChI=1S/C32H36N8O6/c1-43-27-22(24(33)10-12-35-26-9-11-32(26)45-17-18-46-32)3-2-4-25(27)38-29-23(28(34)41)19-36-31(39-29)37-21-7-5-20(6-8-21)30(42)40-13-15-44-16-14-40/h2-8,10,12,19,26H,9,11,13-18,33H2,1H3,(H2,34,41)(H2,36,37,38,39). The second-order valence-corrected chi connectivity index (χ2v) is 10.9. The van der Waals surface area contributed by atoms with Crippen LogP contribution in [0.5, 0.6) is 5.75 Å². The summed E-state index contributed by atoms with van der Waals surface area (Å²) in [6, 6.07) is 12.3. The van der Waals surface area contributed by atoms with E-state index in [-0.39, 0.29) is 29.3 Å². The van der Waals surface area contributed by atoms with Crippen LogP contribution in [0.15, 0.2) is 59.7 Å². The molecule has 2 aromatic carbocycles. The second-order valence-electron chi connectivity index (χ2n) is 10.9. The SMILES string of the molecule is COc1c(Nc2nc(Nc3ccc(C(=O)N4CCOCC4)cc3)ncc2C(N)=O)cccc1C(N)=CC=NC1CCC12OCCO2. The molecule has 2 aliphatic heterocycles. The Morgan fingerprint density at radius 2 is 1.80 bits per heavy atom. The maximum absolute atomic E-state index is 12.8. The molecule has 46 heavy (non-hydrogen) atoms. The highest BCUT2D eigenvalue weighted by Crippen LogP contribution is 2.42. The van der Waals surface area contributed by atoms with E-state index in [9.17, 15) is 9.59 Å². The lowest BCUT2D eigenvalue weighted by Gasteiger charge is -2.41. The molecule has 3 fully saturated rings. The Labute approximate surface area is 265 Å². The molecule has 1 saturated carbocycles. The summed E-state index contributed by atoms with van der Waals surface area (Å²) in [7, 11) is 1.52. The number of allylic oxidation sites excluding steroid dienone is 1. The van der Waals surface area contributed by atoms with E-state index in [0.29, 0.717) is 73.5 Å². The Morgan fingerprint density at radius 3 is 2.48 bits per heavy atom. The van der Waals surface area contributed by atoms with Gasteiger partial charge in [-0.05, 0) is 48.9 Å². The number of aliphatic imine (C=N–C) groups is 1. The fourth-order valence-corrected chi connectivity index (χ4v) is 5.52. The van der Waals surface area contributed by atoms with Gasteiger partial charge < -0.3 is 45.9 Å². The first kappa shape index (κ1) is 31.0. The van der Waals surface area contributed by atoms with Gasteiger partial charge in [0, 0.05) is 54.4 Å². The Bertz CT molecular complexity index is 1650. The van der Waals surface area contributed by atoms with Crippen LogP contribution in [0.3, 0.4) is 0 Å². The third kappa shape index (κ3) is 6.49. The number of methoxy groups -OCH3 is 1. The molecule has 2 amide bonds. The molecule has 240 valence electrons. The maximum Gasteiger partial charge on any atom is 0.254 e. The summed E-state index contributed by atoms with van der Waals surface area (Å²) in [6.45, 7) is 3.34. The molecule has 0 radical (unpaired) electrons. The second kappa shape index (κ2) is 13.5. The van der Waals surface area contributed by atoms with Crippen molar-refractivity contribution in [3.8, 4) is 5.75 Å². The number of carbonyl (C=O) groups excluding carboxylic acids is 2. The molecule has 1 atom stereocenters. The van der Waals surface area contributed by atoms with Crippen LogP contribution in [0.25, 0.3) is 5.70 Å². The largest absolute Gasteiger partial charge is 0.494 e. The molecule has 6 N–H and O–H groups in total. The van der Waals surface area contributed by atoms with Crippen molar-refractivity contribution in [3.05, 3.63) is 71.4 Å². The van der Waals surface area contributed by atoms with E-state index < -0.39 is 11.7 Å². The van der Waals surface area contributed by atoms with E-state index in [1.807, 2.05) is 6.07 Å². The van der Waals surface area contributed by atoms with Crippen molar-refractivity contribution < 1.29 is 28.5 Å². The topological polar surface area (TPSA) is 189 Å².